The van der Waals surface area contributed by atoms with E-state index in [0.717, 1.165) is 23.3 Å². The Hall–Kier alpha value is -1.86. The molecular formula is C14H13FN2S. The van der Waals surface area contributed by atoms with Gasteiger partial charge in [0, 0.05) is 10.4 Å². The van der Waals surface area contributed by atoms with Gasteiger partial charge >= 0.3 is 0 Å². The summed E-state index contributed by atoms with van der Waals surface area (Å²) in [6.45, 7) is 2.04. The second-order valence-corrected chi connectivity index (χ2v) is 5.01. The van der Waals surface area contributed by atoms with Crippen LogP contribution in [-0.2, 0) is 6.42 Å². The second-order valence-electron chi connectivity index (χ2n) is 3.99. The molecule has 0 saturated heterocycles. The molecule has 0 unspecified atom stereocenters. The first-order valence-corrected chi connectivity index (χ1v) is 6.56. The first-order valence-electron chi connectivity index (χ1n) is 5.75. The summed E-state index contributed by atoms with van der Waals surface area (Å²) in [5.41, 5.74) is 7.88. The molecule has 4 heteroatoms. The van der Waals surface area contributed by atoms with Crippen molar-refractivity contribution in [2.45, 2.75) is 19.8 Å². The Morgan fingerprint density at radius 3 is 2.72 bits per heavy atom. The number of thiophene rings is 1. The molecule has 1 aromatic heterocycles. The SMILES string of the molecule is CCCc1c(-c2ccccc2F)sc(C#N)c1N. The van der Waals surface area contributed by atoms with Gasteiger partial charge < -0.3 is 5.73 Å². The minimum Gasteiger partial charge on any atom is -0.397 e. The number of nitrogens with zero attached hydrogens (tertiary/aromatic N) is 1. The summed E-state index contributed by atoms with van der Waals surface area (Å²) in [4.78, 5) is 1.25. The van der Waals surface area contributed by atoms with Crippen LogP contribution in [0, 0.1) is 17.1 Å². The van der Waals surface area contributed by atoms with Crippen molar-refractivity contribution in [2.24, 2.45) is 0 Å². The first-order chi connectivity index (χ1) is 8.69. The number of hydrogen-bond acceptors (Lipinski definition) is 3. The fraction of sp³-hybridized carbons (Fsp3) is 0.214. The maximum absolute atomic E-state index is 13.8. The van der Waals surface area contributed by atoms with E-state index in [-0.39, 0.29) is 5.82 Å². The summed E-state index contributed by atoms with van der Waals surface area (Å²) < 4.78 is 13.8. The van der Waals surface area contributed by atoms with Crippen LogP contribution >= 0.6 is 11.3 Å². The molecule has 0 radical (unpaired) electrons. The number of hydrogen-bond donors (Lipinski definition) is 1. The highest BCUT2D eigenvalue weighted by molar-refractivity contribution is 7.16. The first kappa shape index (κ1) is 12.6. The highest BCUT2D eigenvalue weighted by atomic mass is 32.1. The van der Waals surface area contributed by atoms with E-state index in [4.69, 9.17) is 11.0 Å². The topological polar surface area (TPSA) is 49.8 Å². The smallest absolute Gasteiger partial charge is 0.131 e. The average Bonchev–Trinajstić information content (AvgIpc) is 2.68. The Labute approximate surface area is 109 Å². The van der Waals surface area contributed by atoms with E-state index in [0.29, 0.717) is 16.1 Å². The number of rotatable bonds is 3. The molecule has 1 aromatic carbocycles. The summed E-state index contributed by atoms with van der Waals surface area (Å²) in [6.07, 6.45) is 1.67. The molecule has 92 valence electrons. The fourth-order valence-corrected chi connectivity index (χ4v) is 3.02. The molecule has 0 aliphatic heterocycles. The average molecular weight is 260 g/mol. The zero-order valence-corrected chi connectivity index (χ0v) is 10.9. The predicted molar refractivity (Wildman–Crippen MR) is 72.8 cm³/mol. The van der Waals surface area contributed by atoms with Gasteiger partial charge in [-0.2, -0.15) is 5.26 Å². The van der Waals surface area contributed by atoms with Crippen molar-refractivity contribution in [3.05, 3.63) is 40.5 Å². The van der Waals surface area contributed by atoms with Crippen molar-refractivity contribution in [1.29, 1.82) is 5.26 Å². The van der Waals surface area contributed by atoms with Crippen LogP contribution in [0.5, 0.6) is 0 Å². The van der Waals surface area contributed by atoms with Crippen LogP contribution < -0.4 is 5.73 Å². The molecule has 2 rings (SSSR count). The lowest BCUT2D eigenvalue weighted by Crippen LogP contribution is -1.93. The molecule has 0 aliphatic carbocycles. The quantitative estimate of drug-likeness (QED) is 0.908. The summed E-state index contributed by atoms with van der Waals surface area (Å²) in [5.74, 6) is -0.277. The minimum atomic E-state index is -0.277. The van der Waals surface area contributed by atoms with Crippen molar-refractivity contribution in [2.75, 3.05) is 5.73 Å². The molecule has 0 saturated carbocycles. The van der Waals surface area contributed by atoms with Gasteiger partial charge in [0.25, 0.3) is 0 Å². The Kier molecular flexibility index (Phi) is 3.63. The lowest BCUT2D eigenvalue weighted by atomic mass is 10.0. The molecule has 1 heterocycles. The number of anilines is 1. The molecule has 0 amide bonds. The summed E-state index contributed by atoms with van der Waals surface area (Å²) in [7, 11) is 0. The van der Waals surface area contributed by atoms with Crippen molar-refractivity contribution < 1.29 is 4.39 Å². The van der Waals surface area contributed by atoms with Gasteiger partial charge in [0.2, 0.25) is 0 Å². The largest absolute Gasteiger partial charge is 0.397 e. The molecule has 0 spiro atoms. The number of nitrogens with two attached hydrogens (primary N) is 1. The normalized spacial score (nSPS) is 10.3. The van der Waals surface area contributed by atoms with E-state index in [1.807, 2.05) is 6.92 Å². The molecule has 2 nitrogen and oxygen atoms in total. The van der Waals surface area contributed by atoms with Crippen LogP contribution in [0.2, 0.25) is 0 Å². The van der Waals surface area contributed by atoms with Crippen LogP contribution in [0.4, 0.5) is 10.1 Å². The minimum absolute atomic E-state index is 0.277. The van der Waals surface area contributed by atoms with Gasteiger partial charge in [0.05, 0.1) is 5.69 Å². The molecule has 0 fully saturated rings. The number of nitrogen functional groups attached to an aromatic ring is 1. The lowest BCUT2D eigenvalue weighted by Gasteiger charge is -2.05. The van der Waals surface area contributed by atoms with Crippen LogP contribution in [0.1, 0.15) is 23.8 Å². The van der Waals surface area contributed by atoms with Crippen molar-refractivity contribution >= 4 is 17.0 Å². The van der Waals surface area contributed by atoms with Gasteiger partial charge in [0.1, 0.15) is 16.8 Å². The summed E-state index contributed by atoms with van der Waals surface area (Å²) in [5, 5.41) is 9.03. The Morgan fingerprint density at radius 2 is 2.11 bits per heavy atom. The van der Waals surface area contributed by atoms with Crippen molar-refractivity contribution in [3.8, 4) is 16.5 Å². The van der Waals surface area contributed by atoms with Gasteiger partial charge in [-0.15, -0.1) is 11.3 Å². The number of benzene rings is 1. The third-order valence-electron chi connectivity index (χ3n) is 2.77. The molecule has 2 aromatic rings. The van der Waals surface area contributed by atoms with Gasteiger partial charge in [-0.3, -0.25) is 0 Å². The van der Waals surface area contributed by atoms with Gasteiger partial charge in [-0.25, -0.2) is 4.39 Å². The van der Waals surface area contributed by atoms with Crippen LogP contribution in [-0.4, -0.2) is 0 Å². The van der Waals surface area contributed by atoms with E-state index in [1.165, 1.54) is 17.4 Å². The molecule has 2 N–H and O–H groups in total. The molecule has 0 bridgehead atoms. The summed E-state index contributed by atoms with van der Waals surface area (Å²) in [6, 6.07) is 8.66. The molecule has 0 atom stereocenters. The standard InChI is InChI=1S/C14H13FN2S/c1-2-5-10-13(17)12(8-16)18-14(10)9-6-3-4-7-11(9)15/h3-4,6-7H,2,5,17H2,1H3. The predicted octanol–water partition coefficient (Wildman–Crippen LogP) is 3.96. The zero-order chi connectivity index (χ0) is 13.1. The lowest BCUT2D eigenvalue weighted by molar-refractivity contribution is 0.631. The van der Waals surface area contributed by atoms with E-state index < -0.39 is 0 Å². The monoisotopic (exact) mass is 260 g/mol. The highest BCUT2D eigenvalue weighted by Crippen LogP contribution is 2.39. The van der Waals surface area contributed by atoms with E-state index >= 15 is 0 Å². The van der Waals surface area contributed by atoms with E-state index in [9.17, 15) is 4.39 Å². The van der Waals surface area contributed by atoms with Gasteiger partial charge in [0.15, 0.2) is 0 Å². The second kappa shape index (κ2) is 5.19. The van der Waals surface area contributed by atoms with Crippen LogP contribution in [0.25, 0.3) is 10.4 Å². The van der Waals surface area contributed by atoms with Crippen molar-refractivity contribution in [3.63, 3.8) is 0 Å². The van der Waals surface area contributed by atoms with Gasteiger partial charge in [-0.05, 0) is 18.1 Å². The molecular weight excluding hydrogens is 247 g/mol. The molecule has 0 aliphatic rings. The Balaban J connectivity index is 2.64. The third-order valence-corrected chi connectivity index (χ3v) is 3.95. The molecule has 18 heavy (non-hydrogen) atoms. The number of nitriles is 1. The van der Waals surface area contributed by atoms with E-state index in [2.05, 4.69) is 6.07 Å². The third kappa shape index (κ3) is 2.09. The Bertz CT molecular complexity index is 611. The van der Waals surface area contributed by atoms with Gasteiger partial charge in [-0.1, -0.05) is 31.5 Å². The number of halogens is 1. The van der Waals surface area contributed by atoms with Crippen LogP contribution in [0.3, 0.4) is 0 Å². The van der Waals surface area contributed by atoms with E-state index in [1.54, 1.807) is 18.2 Å². The fourth-order valence-electron chi connectivity index (χ4n) is 1.92. The maximum atomic E-state index is 13.8. The maximum Gasteiger partial charge on any atom is 0.131 e. The Morgan fingerprint density at radius 1 is 1.39 bits per heavy atom. The van der Waals surface area contributed by atoms with Crippen LogP contribution in [0.15, 0.2) is 24.3 Å². The highest BCUT2D eigenvalue weighted by Gasteiger charge is 2.18. The summed E-state index contributed by atoms with van der Waals surface area (Å²) >= 11 is 1.27. The van der Waals surface area contributed by atoms with Crippen molar-refractivity contribution in [1.82, 2.24) is 0 Å². The zero-order valence-electron chi connectivity index (χ0n) is 10.0.